The SMILES string of the molecule is COc1ccc(N(CC(=O)NCCc2ccc(S(=O)(=O)N3CCCC3)cc2)S(=O)(=O)c2cc(C)ccc2OC)cc1. The van der Waals surface area contributed by atoms with E-state index in [0.29, 0.717) is 30.9 Å². The minimum Gasteiger partial charge on any atom is -0.497 e. The standard InChI is InChI=1S/C29H35N3O7S2/c1-22-6-15-27(39-3)28(20-22)41(36,37)32(24-9-11-25(38-2)12-10-24)21-29(33)30-17-16-23-7-13-26(14-8-23)40(34,35)31-18-4-5-19-31/h6-15,20H,4-5,16-19,21H2,1-3H3,(H,30,33). The molecule has 4 rings (SSSR count). The highest BCUT2D eigenvalue weighted by molar-refractivity contribution is 7.93. The summed E-state index contributed by atoms with van der Waals surface area (Å²) in [5.74, 6) is 0.219. The van der Waals surface area contributed by atoms with Crippen LogP contribution in [-0.4, -0.2) is 67.4 Å². The third-order valence-electron chi connectivity index (χ3n) is 6.90. The first-order valence-corrected chi connectivity index (χ1v) is 16.1. The largest absolute Gasteiger partial charge is 0.497 e. The molecule has 3 aromatic carbocycles. The monoisotopic (exact) mass is 601 g/mol. The summed E-state index contributed by atoms with van der Waals surface area (Å²) < 4.78 is 66.2. The van der Waals surface area contributed by atoms with Gasteiger partial charge in [-0.25, -0.2) is 16.8 Å². The molecule has 0 spiro atoms. The third kappa shape index (κ3) is 7.00. The Kier molecular flexibility index (Phi) is 9.57. The van der Waals surface area contributed by atoms with Crippen molar-refractivity contribution in [2.24, 2.45) is 0 Å². The van der Waals surface area contributed by atoms with Gasteiger partial charge >= 0.3 is 0 Å². The van der Waals surface area contributed by atoms with Crippen LogP contribution < -0.4 is 19.1 Å². The van der Waals surface area contributed by atoms with E-state index in [2.05, 4.69) is 5.32 Å². The summed E-state index contributed by atoms with van der Waals surface area (Å²) in [6, 6.07) is 17.8. The van der Waals surface area contributed by atoms with Crippen molar-refractivity contribution in [3.8, 4) is 11.5 Å². The van der Waals surface area contributed by atoms with Gasteiger partial charge < -0.3 is 14.8 Å². The Morgan fingerprint density at radius 1 is 0.902 bits per heavy atom. The van der Waals surface area contributed by atoms with Crippen molar-refractivity contribution in [2.45, 2.75) is 36.0 Å². The van der Waals surface area contributed by atoms with Gasteiger partial charge in [-0.1, -0.05) is 18.2 Å². The van der Waals surface area contributed by atoms with Crippen molar-refractivity contribution in [3.05, 3.63) is 77.9 Å². The van der Waals surface area contributed by atoms with Gasteiger partial charge in [-0.2, -0.15) is 4.31 Å². The van der Waals surface area contributed by atoms with Gasteiger partial charge in [0.05, 0.1) is 24.8 Å². The maximum Gasteiger partial charge on any atom is 0.268 e. The van der Waals surface area contributed by atoms with E-state index >= 15 is 0 Å². The minimum atomic E-state index is -4.19. The lowest BCUT2D eigenvalue weighted by Crippen LogP contribution is -2.41. The summed E-state index contributed by atoms with van der Waals surface area (Å²) in [6.07, 6.45) is 2.18. The molecule has 3 aromatic rings. The highest BCUT2D eigenvalue weighted by Crippen LogP contribution is 2.31. The Morgan fingerprint density at radius 2 is 1.56 bits per heavy atom. The zero-order valence-electron chi connectivity index (χ0n) is 23.4. The number of nitrogens with one attached hydrogen (secondary N) is 1. The second-order valence-electron chi connectivity index (χ2n) is 9.72. The molecule has 0 saturated carbocycles. The summed E-state index contributed by atoms with van der Waals surface area (Å²) >= 11 is 0. The zero-order chi connectivity index (χ0) is 29.6. The van der Waals surface area contributed by atoms with Crippen molar-refractivity contribution in [1.82, 2.24) is 9.62 Å². The molecule has 0 aliphatic carbocycles. The Morgan fingerprint density at radius 3 is 2.17 bits per heavy atom. The molecule has 0 atom stereocenters. The molecule has 10 nitrogen and oxygen atoms in total. The van der Waals surface area contributed by atoms with Crippen molar-refractivity contribution in [2.75, 3.05) is 44.7 Å². The fourth-order valence-electron chi connectivity index (χ4n) is 4.61. The molecule has 1 amide bonds. The van der Waals surface area contributed by atoms with E-state index in [0.717, 1.165) is 28.3 Å². The zero-order valence-corrected chi connectivity index (χ0v) is 25.0. The maximum absolute atomic E-state index is 13.8. The summed E-state index contributed by atoms with van der Waals surface area (Å²) in [5, 5.41) is 2.78. The molecule has 41 heavy (non-hydrogen) atoms. The van der Waals surface area contributed by atoms with Gasteiger partial charge in [0.1, 0.15) is 22.9 Å². The Bertz CT molecular complexity index is 1570. The van der Waals surface area contributed by atoms with Crippen LogP contribution in [0.4, 0.5) is 5.69 Å². The summed E-state index contributed by atoms with van der Waals surface area (Å²) in [4.78, 5) is 13.2. The summed E-state index contributed by atoms with van der Waals surface area (Å²) in [7, 11) is -4.79. The van der Waals surface area contributed by atoms with E-state index in [4.69, 9.17) is 9.47 Å². The molecule has 0 radical (unpaired) electrons. The maximum atomic E-state index is 13.8. The van der Waals surface area contributed by atoms with Crippen molar-refractivity contribution in [1.29, 1.82) is 0 Å². The van der Waals surface area contributed by atoms with Gasteiger partial charge in [-0.15, -0.1) is 0 Å². The fraction of sp³-hybridized carbons (Fsp3) is 0.345. The van der Waals surface area contributed by atoms with Crippen LogP contribution in [0.2, 0.25) is 0 Å². The predicted molar refractivity (Wildman–Crippen MR) is 156 cm³/mol. The molecule has 12 heteroatoms. The van der Waals surface area contributed by atoms with E-state index in [9.17, 15) is 21.6 Å². The lowest BCUT2D eigenvalue weighted by Gasteiger charge is -2.25. The molecule has 1 fully saturated rings. The van der Waals surface area contributed by atoms with Gasteiger partial charge in [0, 0.05) is 19.6 Å². The van der Waals surface area contributed by atoms with Crippen LogP contribution in [0.3, 0.4) is 0 Å². The van der Waals surface area contributed by atoms with E-state index in [1.54, 1.807) is 67.6 Å². The van der Waals surface area contributed by atoms with E-state index in [1.165, 1.54) is 24.6 Å². The normalized spacial score (nSPS) is 14.0. The molecule has 1 aliphatic heterocycles. The molecular formula is C29H35N3O7S2. The summed E-state index contributed by atoms with van der Waals surface area (Å²) in [6.45, 7) is 2.63. The number of methoxy groups -OCH3 is 2. The van der Waals surface area contributed by atoms with Gasteiger partial charge in [0.2, 0.25) is 15.9 Å². The molecule has 0 aromatic heterocycles. The number of hydrogen-bond acceptors (Lipinski definition) is 7. The quantitative estimate of drug-likeness (QED) is 0.338. The molecule has 1 saturated heterocycles. The second-order valence-corrected chi connectivity index (χ2v) is 13.5. The lowest BCUT2D eigenvalue weighted by molar-refractivity contribution is -0.119. The first-order valence-electron chi connectivity index (χ1n) is 13.2. The highest BCUT2D eigenvalue weighted by atomic mass is 32.2. The molecule has 0 unspecified atom stereocenters. The second kappa shape index (κ2) is 12.9. The van der Waals surface area contributed by atoms with Gasteiger partial charge in [-0.3, -0.25) is 9.10 Å². The molecule has 1 aliphatic rings. The van der Waals surface area contributed by atoms with E-state index < -0.39 is 32.5 Å². The van der Waals surface area contributed by atoms with E-state index in [1.807, 2.05) is 0 Å². The first kappa shape index (κ1) is 30.4. The Balaban J connectivity index is 1.47. The molecular weight excluding hydrogens is 566 g/mol. The van der Waals surface area contributed by atoms with Crippen LogP contribution in [0, 0.1) is 6.92 Å². The first-order chi connectivity index (χ1) is 19.6. The van der Waals surface area contributed by atoms with Crippen LogP contribution >= 0.6 is 0 Å². The number of amides is 1. The van der Waals surface area contributed by atoms with Gasteiger partial charge in [0.15, 0.2) is 0 Å². The average Bonchev–Trinajstić information content (AvgIpc) is 3.52. The van der Waals surface area contributed by atoms with Crippen LogP contribution in [0.25, 0.3) is 0 Å². The molecule has 220 valence electrons. The van der Waals surface area contributed by atoms with Crippen molar-refractivity contribution < 1.29 is 31.1 Å². The average molecular weight is 602 g/mol. The number of carbonyl (C=O) groups is 1. The van der Waals surface area contributed by atoms with Crippen LogP contribution in [0.15, 0.2) is 76.5 Å². The number of anilines is 1. The number of rotatable bonds is 12. The van der Waals surface area contributed by atoms with Crippen molar-refractivity contribution >= 4 is 31.6 Å². The number of carbonyl (C=O) groups excluding carboxylic acids is 1. The van der Waals surface area contributed by atoms with Crippen LogP contribution in [0.1, 0.15) is 24.0 Å². The topological polar surface area (TPSA) is 122 Å². The number of aryl methyl sites for hydroxylation is 1. The predicted octanol–water partition coefficient (Wildman–Crippen LogP) is 3.35. The minimum absolute atomic E-state index is 0.0485. The molecule has 1 N–H and O–H groups in total. The van der Waals surface area contributed by atoms with Crippen LogP contribution in [0.5, 0.6) is 11.5 Å². The van der Waals surface area contributed by atoms with Gasteiger partial charge in [0.25, 0.3) is 10.0 Å². The lowest BCUT2D eigenvalue weighted by atomic mass is 10.1. The number of benzene rings is 3. The Labute approximate surface area is 242 Å². The highest BCUT2D eigenvalue weighted by Gasteiger charge is 2.30. The number of nitrogens with zero attached hydrogens (tertiary/aromatic N) is 2. The number of sulfonamides is 2. The molecule has 0 bridgehead atoms. The fourth-order valence-corrected chi connectivity index (χ4v) is 7.79. The number of ether oxygens (including phenoxy) is 2. The summed E-state index contributed by atoms with van der Waals surface area (Å²) in [5.41, 5.74) is 1.86. The van der Waals surface area contributed by atoms with Gasteiger partial charge in [-0.05, 0) is 85.8 Å². The smallest absolute Gasteiger partial charge is 0.268 e. The van der Waals surface area contributed by atoms with Crippen LogP contribution in [-0.2, 0) is 31.3 Å². The third-order valence-corrected chi connectivity index (χ3v) is 10.6. The van der Waals surface area contributed by atoms with E-state index in [-0.39, 0.29) is 22.1 Å². The van der Waals surface area contributed by atoms with Crippen molar-refractivity contribution in [3.63, 3.8) is 0 Å². The Hall–Kier alpha value is -3.61. The molecule has 1 heterocycles. The number of hydrogen-bond donors (Lipinski definition) is 1.